The van der Waals surface area contributed by atoms with Crippen LogP contribution in [0.25, 0.3) is 0 Å². The van der Waals surface area contributed by atoms with Crippen molar-refractivity contribution in [2.45, 2.75) is 23.8 Å². The lowest BCUT2D eigenvalue weighted by Crippen LogP contribution is -2.42. The van der Waals surface area contributed by atoms with Gasteiger partial charge in [-0.1, -0.05) is 23.2 Å². The molecule has 116 valence electrons. The van der Waals surface area contributed by atoms with E-state index in [1.165, 1.54) is 0 Å². The van der Waals surface area contributed by atoms with Crippen molar-refractivity contribution in [1.29, 1.82) is 0 Å². The molecule has 0 fully saturated rings. The topological polar surface area (TPSA) is 66.4 Å². The van der Waals surface area contributed by atoms with E-state index in [0.717, 1.165) is 11.8 Å². The van der Waals surface area contributed by atoms with E-state index in [1.807, 2.05) is 5.32 Å². The number of nitrogens with one attached hydrogen (secondary N) is 1. The van der Waals surface area contributed by atoms with Gasteiger partial charge in [0.2, 0.25) is 12.3 Å². The lowest BCUT2D eigenvalue weighted by Gasteiger charge is -2.14. The van der Waals surface area contributed by atoms with Gasteiger partial charge in [0.25, 0.3) is 0 Å². The molecule has 0 radical (unpaired) electrons. The third-order valence-electron chi connectivity index (χ3n) is 2.30. The van der Waals surface area contributed by atoms with Gasteiger partial charge in [0.15, 0.2) is 0 Å². The van der Waals surface area contributed by atoms with E-state index in [0.29, 0.717) is 14.9 Å². The first-order chi connectivity index (χ1) is 9.79. The Morgan fingerprint density at radius 1 is 1.33 bits per heavy atom. The molecule has 0 heterocycles. The van der Waals surface area contributed by atoms with Crippen molar-refractivity contribution in [1.82, 2.24) is 5.32 Å². The van der Waals surface area contributed by atoms with Crippen LogP contribution < -0.4 is 5.32 Å². The molecule has 0 aliphatic heterocycles. The molecule has 0 bridgehead atoms. The van der Waals surface area contributed by atoms with E-state index in [4.69, 9.17) is 28.3 Å². The average Bonchev–Trinajstić information content (AvgIpc) is 2.38. The van der Waals surface area contributed by atoms with Crippen molar-refractivity contribution in [3.05, 3.63) is 28.2 Å². The number of halogens is 4. The molecule has 0 aliphatic rings. The predicted molar refractivity (Wildman–Crippen MR) is 77.4 cm³/mol. The SMILES string of the molecule is O=C(CSc1cc(Cl)ccc1Cl)NC(CC(F)F)C(=O)O. The summed E-state index contributed by atoms with van der Waals surface area (Å²) in [6, 6.07) is 3.07. The molecule has 0 aromatic heterocycles. The second-order valence-corrected chi connectivity index (χ2v) is 5.81. The Labute approximate surface area is 133 Å². The first-order valence-electron chi connectivity index (χ1n) is 5.67. The Bertz CT molecular complexity index is 531. The number of amides is 1. The number of benzene rings is 1. The fourth-order valence-electron chi connectivity index (χ4n) is 1.37. The smallest absolute Gasteiger partial charge is 0.326 e. The van der Waals surface area contributed by atoms with Crippen LogP contribution in [-0.4, -0.2) is 35.2 Å². The minimum Gasteiger partial charge on any atom is -0.480 e. The highest BCUT2D eigenvalue weighted by molar-refractivity contribution is 8.00. The molecule has 1 unspecified atom stereocenters. The summed E-state index contributed by atoms with van der Waals surface area (Å²) in [4.78, 5) is 22.9. The maximum Gasteiger partial charge on any atom is 0.326 e. The molecule has 0 spiro atoms. The average molecular weight is 358 g/mol. The van der Waals surface area contributed by atoms with Crippen molar-refractivity contribution in [2.75, 3.05) is 5.75 Å². The van der Waals surface area contributed by atoms with E-state index in [2.05, 4.69) is 0 Å². The summed E-state index contributed by atoms with van der Waals surface area (Å²) in [5.41, 5.74) is 0. The monoisotopic (exact) mass is 357 g/mol. The van der Waals surface area contributed by atoms with Crippen LogP contribution in [0.3, 0.4) is 0 Å². The van der Waals surface area contributed by atoms with Crippen LogP contribution in [-0.2, 0) is 9.59 Å². The fraction of sp³-hybridized carbons (Fsp3) is 0.333. The molecule has 1 aromatic carbocycles. The summed E-state index contributed by atoms with van der Waals surface area (Å²) < 4.78 is 24.4. The predicted octanol–water partition coefficient (Wildman–Crippen LogP) is 3.31. The Morgan fingerprint density at radius 3 is 2.57 bits per heavy atom. The first kappa shape index (κ1) is 18.0. The van der Waals surface area contributed by atoms with Gasteiger partial charge >= 0.3 is 5.97 Å². The highest BCUT2D eigenvalue weighted by atomic mass is 35.5. The first-order valence-corrected chi connectivity index (χ1v) is 7.42. The van der Waals surface area contributed by atoms with Crippen molar-refractivity contribution in [3.63, 3.8) is 0 Å². The van der Waals surface area contributed by atoms with E-state index in [9.17, 15) is 18.4 Å². The zero-order valence-corrected chi connectivity index (χ0v) is 12.8. The molecule has 1 atom stereocenters. The molecule has 9 heteroatoms. The maximum absolute atomic E-state index is 12.2. The molecular formula is C12H11Cl2F2NO3S. The molecule has 21 heavy (non-hydrogen) atoms. The molecular weight excluding hydrogens is 347 g/mol. The number of carbonyl (C=O) groups excluding carboxylic acids is 1. The van der Waals surface area contributed by atoms with Gasteiger partial charge in [0.1, 0.15) is 6.04 Å². The Kier molecular flexibility index (Phi) is 7.21. The number of carbonyl (C=O) groups is 2. The van der Waals surface area contributed by atoms with Crippen LogP contribution in [0.2, 0.25) is 10.0 Å². The Hall–Kier alpha value is -1.05. The van der Waals surface area contributed by atoms with Crippen molar-refractivity contribution in [3.8, 4) is 0 Å². The number of carboxylic acid groups (broad SMARTS) is 1. The quantitative estimate of drug-likeness (QED) is 0.734. The summed E-state index contributed by atoms with van der Waals surface area (Å²) in [6.45, 7) is 0. The largest absolute Gasteiger partial charge is 0.480 e. The van der Waals surface area contributed by atoms with Crippen molar-refractivity contribution >= 4 is 46.8 Å². The second kappa shape index (κ2) is 8.41. The fourth-order valence-corrected chi connectivity index (χ4v) is 2.67. The molecule has 4 nitrogen and oxygen atoms in total. The minimum absolute atomic E-state index is 0.160. The molecule has 0 aliphatic carbocycles. The van der Waals surface area contributed by atoms with Crippen molar-refractivity contribution < 1.29 is 23.5 Å². The third-order valence-corrected chi connectivity index (χ3v) is 4.03. The molecule has 1 amide bonds. The summed E-state index contributed by atoms with van der Waals surface area (Å²) in [5, 5.41) is 11.6. The van der Waals surface area contributed by atoms with Crippen LogP contribution in [0, 0.1) is 0 Å². The Morgan fingerprint density at radius 2 is 2.00 bits per heavy atom. The number of aliphatic carboxylic acids is 1. The van der Waals surface area contributed by atoms with Gasteiger partial charge in [-0.25, -0.2) is 13.6 Å². The zero-order valence-electron chi connectivity index (χ0n) is 10.5. The van der Waals surface area contributed by atoms with E-state index in [-0.39, 0.29) is 5.75 Å². The van der Waals surface area contributed by atoms with Gasteiger partial charge in [-0.3, -0.25) is 4.79 Å². The number of rotatable bonds is 7. The van der Waals surface area contributed by atoms with Gasteiger partial charge in [-0.15, -0.1) is 11.8 Å². The lowest BCUT2D eigenvalue weighted by molar-refractivity contribution is -0.142. The second-order valence-electron chi connectivity index (χ2n) is 3.95. The summed E-state index contributed by atoms with van der Waals surface area (Å²) in [7, 11) is 0. The number of thioether (sulfide) groups is 1. The Balaban J connectivity index is 2.56. The normalized spacial score (nSPS) is 12.2. The number of hydrogen-bond acceptors (Lipinski definition) is 3. The summed E-state index contributed by atoms with van der Waals surface area (Å²) >= 11 is 12.7. The van der Waals surface area contributed by atoms with Gasteiger partial charge in [0, 0.05) is 16.3 Å². The van der Waals surface area contributed by atoms with E-state index >= 15 is 0 Å². The van der Waals surface area contributed by atoms with Crippen LogP contribution in [0.4, 0.5) is 8.78 Å². The van der Waals surface area contributed by atoms with Crippen LogP contribution in [0.1, 0.15) is 6.42 Å². The highest BCUT2D eigenvalue weighted by Crippen LogP contribution is 2.29. The molecule has 1 rings (SSSR count). The number of hydrogen-bond donors (Lipinski definition) is 2. The van der Waals surface area contributed by atoms with Gasteiger partial charge < -0.3 is 10.4 Å². The molecule has 0 saturated carbocycles. The van der Waals surface area contributed by atoms with Crippen LogP contribution >= 0.6 is 35.0 Å². The van der Waals surface area contributed by atoms with Crippen LogP contribution in [0.15, 0.2) is 23.1 Å². The minimum atomic E-state index is -2.82. The summed E-state index contributed by atoms with van der Waals surface area (Å²) in [6.07, 6.45) is -3.76. The lowest BCUT2D eigenvalue weighted by atomic mass is 10.2. The highest BCUT2D eigenvalue weighted by Gasteiger charge is 2.24. The van der Waals surface area contributed by atoms with E-state index < -0.39 is 30.8 Å². The number of alkyl halides is 2. The summed E-state index contributed by atoms with van der Waals surface area (Å²) in [5.74, 6) is -2.34. The standard InChI is InChI=1S/C12H11Cl2F2NO3S/c13-6-1-2-7(14)9(3-6)21-5-11(18)17-8(12(19)20)4-10(15)16/h1-3,8,10H,4-5H2,(H,17,18)(H,19,20). The van der Waals surface area contributed by atoms with Gasteiger partial charge in [-0.2, -0.15) is 0 Å². The van der Waals surface area contributed by atoms with Gasteiger partial charge in [-0.05, 0) is 18.2 Å². The third kappa shape index (κ3) is 6.50. The van der Waals surface area contributed by atoms with Crippen molar-refractivity contribution in [2.24, 2.45) is 0 Å². The van der Waals surface area contributed by atoms with Gasteiger partial charge in [0.05, 0.1) is 10.8 Å². The molecule has 0 saturated heterocycles. The van der Waals surface area contributed by atoms with Crippen LogP contribution in [0.5, 0.6) is 0 Å². The maximum atomic E-state index is 12.2. The van der Waals surface area contributed by atoms with E-state index in [1.54, 1.807) is 18.2 Å². The zero-order chi connectivity index (χ0) is 16.0. The molecule has 1 aromatic rings. The molecule has 2 N–H and O–H groups in total. The number of carboxylic acids is 1.